The molecular weight excluding hydrogens is 445 g/mol. The first-order chi connectivity index (χ1) is 15.9. The molecule has 0 bridgehead atoms. The number of para-hydroxylation sites is 1. The van der Waals surface area contributed by atoms with E-state index in [1.165, 1.54) is 17.1 Å². The molecule has 0 atom stereocenters. The highest BCUT2D eigenvalue weighted by atomic mass is 32.2. The lowest BCUT2D eigenvalue weighted by Gasteiger charge is -2.28. The first-order valence-electron chi connectivity index (χ1n) is 10.7. The fourth-order valence-electron chi connectivity index (χ4n) is 4.09. The smallest absolute Gasteiger partial charge is 0.265 e. The zero-order chi connectivity index (χ0) is 23.0. The molecule has 9 nitrogen and oxygen atoms in total. The topological polar surface area (TPSA) is 97.9 Å². The van der Waals surface area contributed by atoms with Gasteiger partial charge < -0.3 is 0 Å². The summed E-state index contributed by atoms with van der Waals surface area (Å²) in [5.41, 5.74) is 2.15. The van der Waals surface area contributed by atoms with Gasteiger partial charge in [0.25, 0.3) is 10.0 Å². The first-order valence-corrected chi connectivity index (χ1v) is 12.2. The molecular formula is C22H24FN7O2S. The van der Waals surface area contributed by atoms with Crippen molar-refractivity contribution in [3.63, 3.8) is 0 Å². The van der Waals surface area contributed by atoms with Crippen molar-refractivity contribution in [2.45, 2.75) is 30.5 Å². The number of alkyl halides is 1. The van der Waals surface area contributed by atoms with Gasteiger partial charge in [0.1, 0.15) is 11.1 Å². The van der Waals surface area contributed by atoms with Gasteiger partial charge in [0.15, 0.2) is 5.82 Å². The van der Waals surface area contributed by atoms with E-state index in [1.54, 1.807) is 36.3 Å². The van der Waals surface area contributed by atoms with Crippen molar-refractivity contribution >= 4 is 26.6 Å². The molecule has 1 saturated heterocycles. The van der Waals surface area contributed by atoms with Crippen molar-refractivity contribution in [1.82, 2.24) is 29.4 Å². The Morgan fingerprint density at radius 3 is 2.79 bits per heavy atom. The lowest BCUT2D eigenvalue weighted by Crippen LogP contribution is -2.33. The maximum Gasteiger partial charge on any atom is 0.265 e. The molecule has 0 unspecified atom stereocenters. The number of nitrogens with one attached hydrogen (secondary N) is 1. The highest BCUT2D eigenvalue weighted by Gasteiger charge is 2.21. The number of pyridine rings is 1. The number of sulfonamides is 1. The van der Waals surface area contributed by atoms with E-state index < -0.39 is 16.2 Å². The number of aryl methyl sites for hydroxylation is 1. The van der Waals surface area contributed by atoms with E-state index in [2.05, 4.69) is 24.8 Å². The normalized spacial score (nSPS) is 15.8. The average molecular weight is 470 g/mol. The van der Waals surface area contributed by atoms with Crippen molar-refractivity contribution < 1.29 is 12.8 Å². The predicted molar refractivity (Wildman–Crippen MR) is 122 cm³/mol. The molecule has 4 heterocycles. The van der Waals surface area contributed by atoms with Crippen LogP contribution in [0.5, 0.6) is 0 Å². The average Bonchev–Trinajstić information content (AvgIpc) is 3.44. The monoisotopic (exact) mass is 469 g/mol. The van der Waals surface area contributed by atoms with Crippen LogP contribution in [0.25, 0.3) is 16.7 Å². The molecule has 0 spiro atoms. The summed E-state index contributed by atoms with van der Waals surface area (Å²) in [4.78, 5) is 6.57. The Kier molecular flexibility index (Phi) is 5.59. The minimum absolute atomic E-state index is 0.0268. The molecule has 1 aliphatic heterocycles. The highest BCUT2D eigenvalue weighted by Crippen LogP contribution is 2.25. The summed E-state index contributed by atoms with van der Waals surface area (Å²) in [5, 5.41) is 9.25. The number of anilines is 1. The molecule has 5 rings (SSSR count). The van der Waals surface area contributed by atoms with Crippen molar-refractivity contribution in [2.24, 2.45) is 7.05 Å². The Morgan fingerprint density at radius 1 is 1.15 bits per heavy atom. The van der Waals surface area contributed by atoms with Crippen LogP contribution in [0.4, 0.5) is 10.1 Å². The highest BCUT2D eigenvalue weighted by molar-refractivity contribution is 7.92. The van der Waals surface area contributed by atoms with Crippen LogP contribution in [0.1, 0.15) is 18.4 Å². The van der Waals surface area contributed by atoms with E-state index >= 15 is 0 Å². The third-order valence-corrected chi connectivity index (χ3v) is 7.16. The number of nitrogens with zero attached hydrogens (tertiary/aromatic N) is 6. The van der Waals surface area contributed by atoms with Crippen LogP contribution < -0.4 is 4.72 Å². The van der Waals surface area contributed by atoms with E-state index in [9.17, 15) is 12.8 Å². The van der Waals surface area contributed by atoms with E-state index in [1.807, 2.05) is 18.2 Å². The number of fused-ring (bicyclic) bond motifs is 1. The number of benzene rings is 1. The first kappa shape index (κ1) is 21.5. The molecule has 0 amide bonds. The summed E-state index contributed by atoms with van der Waals surface area (Å²) >= 11 is 0. The lowest BCUT2D eigenvalue weighted by molar-refractivity contribution is 0.145. The number of hydrogen-bond donors (Lipinski definition) is 1. The largest absolute Gasteiger partial charge is 0.299 e. The van der Waals surface area contributed by atoms with Crippen LogP contribution in [0.2, 0.25) is 0 Å². The second kappa shape index (κ2) is 8.56. The summed E-state index contributed by atoms with van der Waals surface area (Å²) in [6.07, 6.45) is 6.49. The Balaban J connectivity index is 1.36. The fraction of sp³-hybridized carbons (Fsp3) is 0.318. The molecule has 1 fully saturated rings. The molecule has 0 saturated carbocycles. The Labute approximate surface area is 190 Å². The predicted octanol–water partition coefficient (Wildman–Crippen LogP) is 2.89. The van der Waals surface area contributed by atoms with Crippen molar-refractivity contribution in [3.8, 4) is 5.82 Å². The van der Waals surface area contributed by atoms with Gasteiger partial charge in [-0.25, -0.2) is 22.5 Å². The molecule has 33 heavy (non-hydrogen) atoms. The lowest BCUT2D eigenvalue weighted by atomic mass is 10.1. The van der Waals surface area contributed by atoms with Gasteiger partial charge in [-0.3, -0.25) is 14.3 Å². The van der Waals surface area contributed by atoms with Crippen LogP contribution in [-0.4, -0.2) is 57.1 Å². The number of piperidine rings is 1. The number of hydrogen-bond acceptors (Lipinski definition) is 6. The number of rotatable bonds is 6. The van der Waals surface area contributed by atoms with E-state index in [-0.39, 0.29) is 4.90 Å². The van der Waals surface area contributed by atoms with Crippen LogP contribution in [0.15, 0.2) is 60.0 Å². The van der Waals surface area contributed by atoms with E-state index in [0.29, 0.717) is 36.4 Å². The SMILES string of the molecule is Cn1ncc2cccc(NS(=O)(=O)c3cnn(-c4cc(CN5CCC(F)CC5)ccn4)c3)c21. The van der Waals surface area contributed by atoms with Crippen LogP contribution in [-0.2, 0) is 23.6 Å². The summed E-state index contributed by atoms with van der Waals surface area (Å²) in [6, 6.07) is 9.12. The number of halogens is 1. The van der Waals surface area contributed by atoms with Crippen LogP contribution in [0, 0.1) is 0 Å². The molecule has 3 aromatic heterocycles. The second-order valence-electron chi connectivity index (χ2n) is 8.21. The summed E-state index contributed by atoms with van der Waals surface area (Å²) in [6.45, 7) is 2.13. The molecule has 4 aromatic rings. The Morgan fingerprint density at radius 2 is 1.97 bits per heavy atom. The minimum atomic E-state index is -3.87. The number of likely N-dealkylation sites (tertiary alicyclic amines) is 1. The van der Waals surface area contributed by atoms with Gasteiger partial charge in [-0.05, 0) is 36.6 Å². The summed E-state index contributed by atoms with van der Waals surface area (Å²) < 4.78 is 45.2. The molecule has 11 heteroatoms. The quantitative estimate of drug-likeness (QED) is 0.466. The van der Waals surface area contributed by atoms with Crippen LogP contribution in [0.3, 0.4) is 0 Å². The molecule has 1 aromatic carbocycles. The molecule has 0 aliphatic carbocycles. The van der Waals surface area contributed by atoms with Gasteiger partial charge in [-0.2, -0.15) is 10.2 Å². The zero-order valence-corrected chi connectivity index (χ0v) is 18.9. The van der Waals surface area contributed by atoms with Crippen molar-refractivity contribution in [1.29, 1.82) is 0 Å². The zero-order valence-electron chi connectivity index (χ0n) is 18.1. The van der Waals surface area contributed by atoms with Gasteiger partial charge in [-0.15, -0.1) is 0 Å². The molecule has 1 N–H and O–H groups in total. The number of aromatic nitrogens is 5. The Hall–Kier alpha value is -3.31. The minimum Gasteiger partial charge on any atom is -0.299 e. The third-order valence-electron chi connectivity index (χ3n) is 5.84. The second-order valence-corrected chi connectivity index (χ2v) is 9.89. The van der Waals surface area contributed by atoms with Gasteiger partial charge in [0, 0.05) is 38.3 Å². The maximum absolute atomic E-state index is 13.4. The van der Waals surface area contributed by atoms with E-state index in [4.69, 9.17) is 0 Å². The van der Waals surface area contributed by atoms with Gasteiger partial charge in [0.05, 0.1) is 29.8 Å². The van der Waals surface area contributed by atoms with Gasteiger partial charge in [-0.1, -0.05) is 12.1 Å². The summed E-state index contributed by atoms with van der Waals surface area (Å²) in [7, 11) is -2.11. The Bertz CT molecular complexity index is 1390. The molecule has 172 valence electrons. The van der Waals surface area contributed by atoms with Crippen molar-refractivity contribution in [3.05, 3.63) is 60.7 Å². The third kappa shape index (κ3) is 4.46. The van der Waals surface area contributed by atoms with Crippen molar-refractivity contribution in [2.75, 3.05) is 17.8 Å². The van der Waals surface area contributed by atoms with Gasteiger partial charge in [0.2, 0.25) is 0 Å². The standard InChI is InChI=1S/C22H24FN7O2S/c1-28-22-17(12-25-28)3-2-4-20(22)27-33(31,32)19-13-26-30(15-19)21-11-16(5-8-24-21)14-29-9-6-18(23)7-10-29/h2-5,8,11-13,15,18,27H,6-7,9-10,14H2,1H3. The van der Waals surface area contributed by atoms with Crippen LogP contribution >= 0.6 is 0 Å². The maximum atomic E-state index is 13.4. The van der Waals surface area contributed by atoms with Gasteiger partial charge >= 0.3 is 0 Å². The summed E-state index contributed by atoms with van der Waals surface area (Å²) in [5.74, 6) is 0.517. The molecule has 0 radical (unpaired) electrons. The molecule has 1 aliphatic rings. The van der Waals surface area contributed by atoms with E-state index in [0.717, 1.165) is 24.0 Å². The fourth-order valence-corrected chi connectivity index (χ4v) is 5.09.